The molecule has 1 N–H and O–H groups in total. The maximum Gasteiger partial charge on any atom is 0.223 e. The van der Waals surface area contributed by atoms with Gasteiger partial charge in [-0.25, -0.2) is 9.97 Å². The highest BCUT2D eigenvalue weighted by Crippen LogP contribution is 2.18. The molecule has 0 saturated carbocycles. The molecule has 1 atom stereocenters. The van der Waals surface area contributed by atoms with Gasteiger partial charge in [-0.05, 0) is 30.3 Å². The Balaban J connectivity index is 1.84. The van der Waals surface area contributed by atoms with Gasteiger partial charge in [-0.3, -0.25) is 9.97 Å². The fourth-order valence-corrected chi connectivity index (χ4v) is 2.19. The minimum absolute atomic E-state index is 0.125. The van der Waals surface area contributed by atoms with E-state index in [0.29, 0.717) is 12.6 Å². The zero-order valence-electron chi connectivity index (χ0n) is 12.8. The fourth-order valence-electron chi connectivity index (χ4n) is 2.19. The average Bonchev–Trinajstić information content (AvgIpc) is 2.63. The van der Waals surface area contributed by atoms with Gasteiger partial charge in [0.1, 0.15) is 0 Å². The molecule has 0 radical (unpaired) electrons. The summed E-state index contributed by atoms with van der Waals surface area (Å²) in [6.07, 6.45) is 5.21. The molecule has 0 bridgehead atoms. The average molecular weight is 307 g/mol. The van der Waals surface area contributed by atoms with Crippen molar-refractivity contribution < 1.29 is 4.74 Å². The molecule has 0 aliphatic heterocycles. The molecule has 0 aromatic carbocycles. The molecule has 23 heavy (non-hydrogen) atoms. The molecule has 1 unspecified atom stereocenters. The number of methoxy groups -OCH3 is 1. The van der Waals surface area contributed by atoms with Crippen LogP contribution in [0.2, 0.25) is 0 Å². The Kier molecular flexibility index (Phi) is 4.85. The van der Waals surface area contributed by atoms with Crippen molar-refractivity contribution in [3.63, 3.8) is 0 Å². The van der Waals surface area contributed by atoms with E-state index >= 15 is 0 Å². The van der Waals surface area contributed by atoms with E-state index in [1.807, 2.05) is 42.5 Å². The number of nitrogens with one attached hydrogen (secondary N) is 1. The molecular formula is C17H17N5O. The summed E-state index contributed by atoms with van der Waals surface area (Å²) >= 11 is 0. The molecule has 0 spiro atoms. The van der Waals surface area contributed by atoms with Crippen LogP contribution in [0.25, 0.3) is 11.4 Å². The molecule has 3 rings (SSSR count). The van der Waals surface area contributed by atoms with Gasteiger partial charge < -0.3 is 10.1 Å². The monoisotopic (exact) mass is 307 g/mol. The van der Waals surface area contributed by atoms with E-state index in [2.05, 4.69) is 25.3 Å². The normalized spacial score (nSPS) is 11.9. The van der Waals surface area contributed by atoms with Crippen molar-refractivity contribution in [3.8, 4) is 11.4 Å². The number of anilines is 1. The Morgan fingerprint density at radius 3 is 2.43 bits per heavy atom. The lowest BCUT2D eigenvalue weighted by atomic mass is 10.2. The molecule has 6 nitrogen and oxygen atoms in total. The minimum atomic E-state index is -0.125. The van der Waals surface area contributed by atoms with Gasteiger partial charge in [0.25, 0.3) is 0 Å². The van der Waals surface area contributed by atoms with Crippen LogP contribution >= 0.6 is 0 Å². The largest absolute Gasteiger partial charge is 0.382 e. The summed E-state index contributed by atoms with van der Waals surface area (Å²) < 4.78 is 5.28. The fraction of sp³-hybridized carbons (Fsp3) is 0.176. The zero-order valence-corrected chi connectivity index (χ0v) is 12.8. The number of pyridine rings is 2. The summed E-state index contributed by atoms with van der Waals surface area (Å²) in [6, 6.07) is 13.2. The van der Waals surface area contributed by atoms with Crippen LogP contribution in [-0.4, -0.2) is 33.7 Å². The number of hydrogen-bond acceptors (Lipinski definition) is 6. The molecule has 6 heteroatoms. The molecule has 0 amide bonds. The van der Waals surface area contributed by atoms with Gasteiger partial charge in [0.05, 0.1) is 29.7 Å². The second kappa shape index (κ2) is 7.42. The molecule has 3 heterocycles. The third-order valence-corrected chi connectivity index (χ3v) is 3.26. The number of rotatable bonds is 6. The van der Waals surface area contributed by atoms with Crippen LogP contribution in [0.5, 0.6) is 0 Å². The van der Waals surface area contributed by atoms with Crippen molar-refractivity contribution >= 4 is 5.95 Å². The Labute approximate surface area is 134 Å². The van der Waals surface area contributed by atoms with Gasteiger partial charge in [0.15, 0.2) is 0 Å². The van der Waals surface area contributed by atoms with E-state index in [1.54, 1.807) is 25.7 Å². The standard InChI is InChI=1S/C17H17N5O/c1-23-12-16(14-7-3-5-10-19-14)22-17-20-11-8-15(21-17)13-6-2-4-9-18-13/h2-11,16H,12H2,1H3,(H,20,21,22). The Morgan fingerprint density at radius 1 is 0.913 bits per heavy atom. The Bertz CT molecular complexity index is 736. The number of ether oxygens (including phenoxy) is 1. The SMILES string of the molecule is COCC(Nc1nccc(-c2ccccn2)n1)c1ccccn1. The van der Waals surface area contributed by atoms with Crippen LogP contribution in [0.3, 0.4) is 0 Å². The highest BCUT2D eigenvalue weighted by Gasteiger charge is 2.14. The van der Waals surface area contributed by atoms with Gasteiger partial charge in [0, 0.05) is 25.7 Å². The third kappa shape index (κ3) is 3.87. The van der Waals surface area contributed by atoms with Gasteiger partial charge in [-0.2, -0.15) is 0 Å². The van der Waals surface area contributed by atoms with E-state index in [4.69, 9.17) is 4.74 Å². The highest BCUT2D eigenvalue weighted by molar-refractivity contribution is 5.54. The van der Waals surface area contributed by atoms with E-state index < -0.39 is 0 Å². The van der Waals surface area contributed by atoms with Crippen LogP contribution in [0.4, 0.5) is 5.95 Å². The summed E-state index contributed by atoms with van der Waals surface area (Å²) in [7, 11) is 1.66. The van der Waals surface area contributed by atoms with Crippen LogP contribution in [0, 0.1) is 0 Å². The maximum atomic E-state index is 5.28. The molecule has 0 aliphatic rings. The number of hydrogen-bond donors (Lipinski definition) is 1. The Hall–Kier alpha value is -2.86. The predicted molar refractivity (Wildman–Crippen MR) is 87.7 cm³/mol. The lowest BCUT2D eigenvalue weighted by Gasteiger charge is -2.17. The summed E-state index contributed by atoms with van der Waals surface area (Å²) in [4.78, 5) is 17.5. The van der Waals surface area contributed by atoms with E-state index in [0.717, 1.165) is 17.1 Å². The maximum absolute atomic E-state index is 5.28. The second-order valence-corrected chi connectivity index (χ2v) is 4.89. The third-order valence-electron chi connectivity index (χ3n) is 3.26. The molecule has 0 fully saturated rings. The molecule has 0 saturated heterocycles. The van der Waals surface area contributed by atoms with Crippen molar-refractivity contribution in [2.75, 3.05) is 19.0 Å². The highest BCUT2D eigenvalue weighted by atomic mass is 16.5. The van der Waals surface area contributed by atoms with Crippen LogP contribution < -0.4 is 5.32 Å². The first kappa shape index (κ1) is 15.1. The number of nitrogens with zero attached hydrogens (tertiary/aromatic N) is 4. The predicted octanol–water partition coefficient (Wildman–Crippen LogP) is 2.73. The van der Waals surface area contributed by atoms with Gasteiger partial charge in [0.2, 0.25) is 5.95 Å². The lowest BCUT2D eigenvalue weighted by Crippen LogP contribution is -2.19. The number of aromatic nitrogens is 4. The quantitative estimate of drug-likeness (QED) is 0.755. The van der Waals surface area contributed by atoms with E-state index in [1.165, 1.54) is 0 Å². The van der Waals surface area contributed by atoms with Crippen molar-refractivity contribution in [1.29, 1.82) is 0 Å². The lowest BCUT2D eigenvalue weighted by molar-refractivity contribution is 0.185. The van der Waals surface area contributed by atoms with Crippen molar-refractivity contribution in [3.05, 3.63) is 66.7 Å². The van der Waals surface area contributed by atoms with E-state index in [9.17, 15) is 0 Å². The minimum Gasteiger partial charge on any atom is -0.382 e. The summed E-state index contributed by atoms with van der Waals surface area (Å²) in [5, 5.41) is 3.27. The summed E-state index contributed by atoms with van der Waals surface area (Å²) in [5.74, 6) is 0.515. The van der Waals surface area contributed by atoms with Crippen molar-refractivity contribution in [1.82, 2.24) is 19.9 Å². The smallest absolute Gasteiger partial charge is 0.223 e. The first-order valence-corrected chi connectivity index (χ1v) is 7.27. The molecule has 3 aromatic heterocycles. The van der Waals surface area contributed by atoms with Crippen LogP contribution in [-0.2, 0) is 4.74 Å². The summed E-state index contributed by atoms with van der Waals surface area (Å²) in [5.41, 5.74) is 2.44. The topological polar surface area (TPSA) is 72.8 Å². The molecule has 0 aliphatic carbocycles. The van der Waals surface area contributed by atoms with Gasteiger partial charge >= 0.3 is 0 Å². The van der Waals surface area contributed by atoms with Gasteiger partial charge in [-0.1, -0.05) is 12.1 Å². The van der Waals surface area contributed by atoms with E-state index in [-0.39, 0.29) is 6.04 Å². The van der Waals surface area contributed by atoms with Crippen molar-refractivity contribution in [2.45, 2.75) is 6.04 Å². The van der Waals surface area contributed by atoms with Crippen LogP contribution in [0.1, 0.15) is 11.7 Å². The summed E-state index contributed by atoms with van der Waals surface area (Å²) in [6.45, 7) is 0.466. The first-order chi connectivity index (χ1) is 11.4. The molecule has 116 valence electrons. The Morgan fingerprint density at radius 2 is 1.74 bits per heavy atom. The van der Waals surface area contributed by atoms with Gasteiger partial charge in [-0.15, -0.1) is 0 Å². The van der Waals surface area contributed by atoms with Crippen molar-refractivity contribution in [2.24, 2.45) is 0 Å². The molecule has 3 aromatic rings. The first-order valence-electron chi connectivity index (χ1n) is 7.27. The second-order valence-electron chi connectivity index (χ2n) is 4.89. The molecular weight excluding hydrogens is 290 g/mol. The van der Waals surface area contributed by atoms with Crippen LogP contribution in [0.15, 0.2) is 61.1 Å². The zero-order chi connectivity index (χ0) is 15.9.